The maximum Gasteiger partial charge on any atom is 0.253 e. The van der Waals surface area contributed by atoms with Crippen molar-refractivity contribution in [1.82, 2.24) is 0 Å². The number of nitrogen functional groups attached to an aromatic ring is 2. The first-order chi connectivity index (χ1) is 21.0. The molecular weight excluding hydrogens is 568 g/mol. The topological polar surface area (TPSA) is 129 Å². The van der Waals surface area contributed by atoms with Crippen LogP contribution in [0.4, 0.5) is 11.4 Å². The fourth-order valence-corrected chi connectivity index (χ4v) is 7.41. The van der Waals surface area contributed by atoms with Crippen LogP contribution in [-0.2, 0) is 10.8 Å². The van der Waals surface area contributed by atoms with Gasteiger partial charge in [0.1, 0.15) is 46.0 Å². The number of hydrogen-bond donors (Lipinski definition) is 4. The second kappa shape index (κ2) is 10.2. The fraction of sp³-hybridized carbons (Fsp3) is 0.351. The van der Waals surface area contributed by atoms with Gasteiger partial charge < -0.3 is 40.6 Å². The number of ether oxygens (including phenoxy) is 4. The average Bonchev–Trinajstić information content (AvgIpc) is 2.92. The summed E-state index contributed by atoms with van der Waals surface area (Å²) in [6, 6.07) is 13.8. The predicted octanol–water partition coefficient (Wildman–Crippen LogP) is 8.60. The lowest BCUT2D eigenvalue weighted by atomic mass is 9.67. The third-order valence-corrected chi connectivity index (χ3v) is 9.17. The summed E-state index contributed by atoms with van der Waals surface area (Å²) in [6.45, 7) is 17.1. The van der Waals surface area contributed by atoms with E-state index in [9.17, 15) is 10.2 Å². The summed E-state index contributed by atoms with van der Waals surface area (Å²) in [5.74, 6) is 2.69. The van der Waals surface area contributed by atoms with Gasteiger partial charge in [-0.1, -0.05) is 27.7 Å². The van der Waals surface area contributed by atoms with Gasteiger partial charge in [-0.15, -0.1) is 0 Å². The summed E-state index contributed by atoms with van der Waals surface area (Å²) >= 11 is 0. The zero-order valence-corrected chi connectivity index (χ0v) is 27.2. The third kappa shape index (κ3) is 5.12. The van der Waals surface area contributed by atoms with Crippen LogP contribution in [0.1, 0.15) is 73.9 Å². The number of aryl methyl sites for hydroxylation is 2. The molecule has 0 saturated heterocycles. The molecule has 8 nitrogen and oxygen atoms in total. The molecule has 0 fully saturated rings. The van der Waals surface area contributed by atoms with E-state index in [1.54, 1.807) is 24.3 Å². The Morgan fingerprint density at radius 3 is 1.36 bits per heavy atom. The summed E-state index contributed by atoms with van der Waals surface area (Å²) < 4.78 is 26.6. The molecule has 4 aromatic rings. The molecule has 0 unspecified atom stereocenters. The van der Waals surface area contributed by atoms with E-state index in [-0.39, 0.29) is 33.7 Å². The molecule has 8 heteroatoms. The van der Waals surface area contributed by atoms with Gasteiger partial charge in [0.2, 0.25) is 0 Å². The van der Waals surface area contributed by atoms with Crippen LogP contribution in [0.25, 0.3) is 0 Å². The van der Waals surface area contributed by atoms with E-state index in [4.69, 9.17) is 30.4 Å². The fourth-order valence-electron chi connectivity index (χ4n) is 7.41. The number of aromatic hydroxyl groups is 2. The molecule has 1 spiro atoms. The molecule has 45 heavy (non-hydrogen) atoms. The van der Waals surface area contributed by atoms with E-state index in [2.05, 4.69) is 41.5 Å². The number of phenols is 2. The Labute approximate surface area is 264 Å². The monoisotopic (exact) mass is 610 g/mol. The summed E-state index contributed by atoms with van der Waals surface area (Å²) in [6.07, 6.45) is 1.27. The van der Waals surface area contributed by atoms with Crippen LogP contribution in [0, 0.1) is 27.7 Å². The number of benzene rings is 4. The molecule has 2 aliphatic heterocycles. The van der Waals surface area contributed by atoms with Crippen LogP contribution in [0.5, 0.6) is 46.0 Å². The van der Waals surface area contributed by atoms with Crippen molar-refractivity contribution in [3.63, 3.8) is 0 Å². The van der Waals surface area contributed by atoms with Gasteiger partial charge >= 0.3 is 0 Å². The Balaban J connectivity index is 1.43. The first kappa shape index (κ1) is 30.3. The van der Waals surface area contributed by atoms with Crippen molar-refractivity contribution in [2.24, 2.45) is 0 Å². The van der Waals surface area contributed by atoms with Crippen molar-refractivity contribution < 1.29 is 29.2 Å². The van der Waals surface area contributed by atoms with Gasteiger partial charge in [0.15, 0.2) is 0 Å². The lowest BCUT2D eigenvalue weighted by Crippen LogP contribution is -2.56. The van der Waals surface area contributed by atoms with Gasteiger partial charge in [0.05, 0.1) is 11.4 Å². The summed E-state index contributed by atoms with van der Waals surface area (Å²) in [4.78, 5) is 0. The minimum absolute atomic E-state index is 0.0325. The van der Waals surface area contributed by atoms with Crippen LogP contribution in [0.15, 0.2) is 48.5 Å². The van der Waals surface area contributed by atoms with Gasteiger partial charge in [-0.25, -0.2) is 0 Å². The second-order valence-electron chi connectivity index (χ2n) is 13.9. The van der Waals surface area contributed by atoms with Crippen molar-refractivity contribution in [1.29, 1.82) is 0 Å². The van der Waals surface area contributed by atoms with Crippen LogP contribution in [-0.4, -0.2) is 16.0 Å². The van der Waals surface area contributed by atoms with Crippen molar-refractivity contribution in [2.75, 3.05) is 11.5 Å². The number of rotatable bonds is 4. The highest BCUT2D eigenvalue weighted by Gasteiger charge is 2.55. The minimum atomic E-state index is -0.961. The molecule has 0 aliphatic carbocycles. The van der Waals surface area contributed by atoms with E-state index < -0.39 is 5.79 Å². The molecule has 0 atom stereocenters. The van der Waals surface area contributed by atoms with E-state index in [1.165, 1.54) is 12.1 Å². The summed E-state index contributed by atoms with van der Waals surface area (Å²) in [5.41, 5.74) is 17.7. The second-order valence-corrected chi connectivity index (χ2v) is 13.9. The maximum absolute atomic E-state index is 10.2. The summed E-state index contributed by atoms with van der Waals surface area (Å²) in [5, 5.41) is 20.3. The highest BCUT2D eigenvalue weighted by molar-refractivity contribution is 5.62. The highest BCUT2D eigenvalue weighted by Crippen LogP contribution is 2.58. The van der Waals surface area contributed by atoms with Crippen LogP contribution < -0.4 is 30.4 Å². The average molecular weight is 611 g/mol. The van der Waals surface area contributed by atoms with E-state index >= 15 is 0 Å². The zero-order valence-electron chi connectivity index (χ0n) is 27.2. The quantitative estimate of drug-likeness (QED) is 0.134. The number of phenolic OH excluding ortho intramolecular Hbond substituents is 2. The Hall–Kier alpha value is -4.72. The molecular formula is C37H42N2O6. The van der Waals surface area contributed by atoms with E-state index in [0.29, 0.717) is 35.8 Å². The number of nitrogens with two attached hydrogens (primary N) is 2. The molecule has 6 N–H and O–H groups in total. The molecule has 0 amide bonds. The van der Waals surface area contributed by atoms with Gasteiger partial charge in [0, 0.05) is 58.1 Å². The first-order valence-corrected chi connectivity index (χ1v) is 15.2. The van der Waals surface area contributed by atoms with Crippen molar-refractivity contribution in [2.45, 2.75) is 84.8 Å². The highest BCUT2D eigenvalue weighted by atomic mass is 16.7. The van der Waals surface area contributed by atoms with Crippen molar-refractivity contribution in [3.8, 4) is 46.0 Å². The predicted molar refractivity (Wildman–Crippen MR) is 176 cm³/mol. The SMILES string of the molecule is Cc1cc(Oc2ccc(N)c(O)c2)c(C)c2c1C(C)(C)CC1(CC(C)(C)c3c(C)cc(Oc4ccc(N)c(O)c4)c(C)c3O1)O2. The lowest BCUT2D eigenvalue weighted by Gasteiger charge is -2.52. The van der Waals surface area contributed by atoms with E-state index in [1.807, 2.05) is 26.0 Å². The lowest BCUT2D eigenvalue weighted by molar-refractivity contribution is -0.167. The molecule has 6 rings (SSSR count). The third-order valence-electron chi connectivity index (χ3n) is 9.17. The molecule has 0 bridgehead atoms. The van der Waals surface area contributed by atoms with Crippen LogP contribution in [0.3, 0.4) is 0 Å². The van der Waals surface area contributed by atoms with Gasteiger partial charge in [-0.05, 0) is 75.2 Å². The zero-order chi connectivity index (χ0) is 32.6. The number of hydrogen-bond acceptors (Lipinski definition) is 8. The maximum atomic E-state index is 10.2. The normalized spacial score (nSPS) is 17.1. The molecule has 0 radical (unpaired) electrons. The minimum Gasteiger partial charge on any atom is -0.506 e. The molecule has 4 aromatic carbocycles. The molecule has 0 saturated carbocycles. The van der Waals surface area contributed by atoms with E-state index in [0.717, 1.165) is 44.9 Å². The number of anilines is 2. The smallest absolute Gasteiger partial charge is 0.253 e. The molecule has 2 heterocycles. The number of fused-ring (bicyclic) bond motifs is 2. The first-order valence-electron chi connectivity index (χ1n) is 15.2. The standard InChI is InChI=1S/C37H42N2O6/c1-19-13-29(42-23-9-11-25(38)27(40)15-23)21(3)33-31(19)35(5,6)17-37(44-33)18-36(7,8)32-20(2)14-30(22(4)34(32)45-37)43-24-10-12-26(39)28(41)16-24/h9-16,40-41H,17-18,38-39H2,1-8H3. The van der Waals surface area contributed by atoms with Crippen LogP contribution in [0.2, 0.25) is 0 Å². The van der Waals surface area contributed by atoms with Gasteiger partial charge in [0.25, 0.3) is 5.79 Å². The Morgan fingerprint density at radius 1 is 0.622 bits per heavy atom. The Bertz CT molecular complexity index is 1720. The summed E-state index contributed by atoms with van der Waals surface area (Å²) in [7, 11) is 0. The Kier molecular flexibility index (Phi) is 6.84. The molecule has 236 valence electrons. The van der Waals surface area contributed by atoms with Gasteiger partial charge in [-0.3, -0.25) is 0 Å². The van der Waals surface area contributed by atoms with Crippen molar-refractivity contribution in [3.05, 3.63) is 81.9 Å². The van der Waals surface area contributed by atoms with Crippen LogP contribution >= 0.6 is 0 Å². The van der Waals surface area contributed by atoms with Gasteiger partial charge in [-0.2, -0.15) is 0 Å². The van der Waals surface area contributed by atoms with Crippen molar-refractivity contribution >= 4 is 11.4 Å². The molecule has 0 aromatic heterocycles. The molecule has 2 aliphatic rings. The Morgan fingerprint density at radius 2 is 1.00 bits per heavy atom. The largest absolute Gasteiger partial charge is 0.506 e.